The SMILES string of the molecule is CNCc1csc(-c2cc(C)c(Br)c(C)c2)n1. The molecule has 0 amide bonds. The Labute approximate surface area is 114 Å². The minimum absolute atomic E-state index is 0.824. The number of nitrogens with one attached hydrogen (secondary N) is 1. The average Bonchev–Trinajstić information content (AvgIpc) is 2.74. The second-order valence-electron chi connectivity index (χ2n) is 4.10. The van der Waals surface area contributed by atoms with E-state index in [0.29, 0.717) is 0 Å². The zero-order chi connectivity index (χ0) is 12.4. The van der Waals surface area contributed by atoms with Crippen LogP contribution in [0, 0.1) is 13.8 Å². The monoisotopic (exact) mass is 310 g/mol. The van der Waals surface area contributed by atoms with Crippen molar-refractivity contribution in [1.82, 2.24) is 10.3 Å². The van der Waals surface area contributed by atoms with E-state index in [1.807, 2.05) is 7.05 Å². The van der Waals surface area contributed by atoms with E-state index in [1.165, 1.54) is 21.2 Å². The van der Waals surface area contributed by atoms with Gasteiger partial charge in [0, 0.05) is 22.0 Å². The lowest BCUT2D eigenvalue weighted by Gasteiger charge is -2.05. The molecule has 0 unspecified atom stereocenters. The van der Waals surface area contributed by atoms with E-state index < -0.39 is 0 Å². The Morgan fingerprint density at radius 1 is 1.29 bits per heavy atom. The fraction of sp³-hybridized carbons (Fsp3) is 0.308. The Morgan fingerprint density at radius 2 is 1.94 bits per heavy atom. The third-order valence-electron chi connectivity index (χ3n) is 2.59. The van der Waals surface area contributed by atoms with Crippen LogP contribution in [-0.4, -0.2) is 12.0 Å². The van der Waals surface area contributed by atoms with Crippen LogP contribution < -0.4 is 5.32 Å². The van der Waals surface area contributed by atoms with Crippen molar-refractivity contribution in [3.05, 3.63) is 38.8 Å². The molecule has 2 rings (SSSR count). The summed E-state index contributed by atoms with van der Waals surface area (Å²) in [5.41, 5.74) is 4.82. The van der Waals surface area contributed by atoms with Crippen LogP contribution in [0.5, 0.6) is 0 Å². The number of nitrogens with zero attached hydrogens (tertiary/aromatic N) is 1. The van der Waals surface area contributed by atoms with Crippen LogP contribution in [0.1, 0.15) is 16.8 Å². The van der Waals surface area contributed by atoms with Gasteiger partial charge in [-0.25, -0.2) is 4.98 Å². The van der Waals surface area contributed by atoms with Gasteiger partial charge in [0.2, 0.25) is 0 Å². The van der Waals surface area contributed by atoms with Crippen molar-refractivity contribution in [2.75, 3.05) is 7.05 Å². The van der Waals surface area contributed by atoms with Gasteiger partial charge in [-0.3, -0.25) is 0 Å². The highest BCUT2D eigenvalue weighted by Gasteiger charge is 2.08. The predicted molar refractivity (Wildman–Crippen MR) is 77.5 cm³/mol. The van der Waals surface area contributed by atoms with Gasteiger partial charge < -0.3 is 5.32 Å². The molecule has 90 valence electrons. The molecule has 1 N–H and O–H groups in total. The first-order valence-electron chi connectivity index (χ1n) is 5.48. The maximum Gasteiger partial charge on any atom is 0.123 e. The third kappa shape index (κ3) is 2.76. The molecule has 1 aromatic carbocycles. The summed E-state index contributed by atoms with van der Waals surface area (Å²) in [5.74, 6) is 0. The van der Waals surface area contributed by atoms with Gasteiger partial charge in [0.05, 0.1) is 5.69 Å². The second kappa shape index (κ2) is 5.29. The van der Waals surface area contributed by atoms with E-state index in [2.05, 4.69) is 57.6 Å². The van der Waals surface area contributed by atoms with E-state index in [0.717, 1.165) is 17.2 Å². The second-order valence-corrected chi connectivity index (χ2v) is 5.75. The summed E-state index contributed by atoms with van der Waals surface area (Å²) in [6.45, 7) is 5.05. The zero-order valence-corrected chi connectivity index (χ0v) is 12.6. The fourth-order valence-electron chi connectivity index (χ4n) is 1.77. The average molecular weight is 311 g/mol. The molecule has 2 nitrogen and oxygen atoms in total. The van der Waals surface area contributed by atoms with Crippen molar-refractivity contribution >= 4 is 27.3 Å². The summed E-state index contributed by atoms with van der Waals surface area (Å²) in [6, 6.07) is 4.36. The third-order valence-corrected chi connectivity index (χ3v) is 4.78. The number of hydrogen-bond donors (Lipinski definition) is 1. The molecule has 0 aliphatic carbocycles. The van der Waals surface area contributed by atoms with Crippen LogP contribution in [0.25, 0.3) is 10.6 Å². The summed E-state index contributed by atoms with van der Waals surface area (Å²) in [4.78, 5) is 4.62. The Bertz CT molecular complexity index is 511. The molecule has 0 saturated heterocycles. The van der Waals surface area contributed by atoms with E-state index >= 15 is 0 Å². The first-order chi connectivity index (χ1) is 8.11. The van der Waals surface area contributed by atoms with Crippen molar-refractivity contribution in [3.63, 3.8) is 0 Å². The molecule has 0 aliphatic heterocycles. The van der Waals surface area contributed by atoms with Crippen molar-refractivity contribution in [3.8, 4) is 10.6 Å². The van der Waals surface area contributed by atoms with E-state index in [4.69, 9.17) is 0 Å². The molecule has 0 atom stereocenters. The van der Waals surface area contributed by atoms with Crippen molar-refractivity contribution < 1.29 is 0 Å². The van der Waals surface area contributed by atoms with E-state index in [1.54, 1.807) is 11.3 Å². The Balaban J connectivity index is 2.39. The predicted octanol–water partition coefficient (Wildman–Crippen LogP) is 3.91. The highest BCUT2D eigenvalue weighted by molar-refractivity contribution is 9.10. The van der Waals surface area contributed by atoms with Gasteiger partial charge >= 0.3 is 0 Å². The molecule has 0 aliphatic rings. The van der Waals surface area contributed by atoms with Crippen molar-refractivity contribution in [1.29, 1.82) is 0 Å². The van der Waals surface area contributed by atoms with Crippen LogP contribution in [0.2, 0.25) is 0 Å². The van der Waals surface area contributed by atoms with Gasteiger partial charge in [0.25, 0.3) is 0 Å². The number of rotatable bonds is 3. The first-order valence-corrected chi connectivity index (χ1v) is 7.15. The minimum atomic E-state index is 0.824. The summed E-state index contributed by atoms with van der Waals surface area (Å²) in [5, 5.41) is 6.32. The van der Waals surface area contributed by atoms with Crippen molar-refractivity contribution in [2.45, 2.75) is 20.4 Å². The lowest BCUT2D eigenvalue weighted by atomic mass is 10.1. The van der Waals surface area contributed by atoms with E-state index in [9.17, 15) is 0 Å². The zero-order valence-electron chi connectivity index (χ0n) is 10.2. The van der Waals surface area contributed by atoms with Gasteiger partial charge in [0.1, 0.15) is 5.01 Å². The molecule has 2 aromatic rings. The van der Waals surface area contributed by atoms with Crippen LogP contribution in [0.3, 0.4) is 0 Å². The fourth-order valence-corrected chi connectivity index (χ4v) is 2.81. The number of aryl methyl sites for hydroxylation is 2. The van der Waals surface area contributed by atoms with Gasteiger partial charge in [-0.05, 0) is 44.2 Å². The van der Waals surface area contributed by atoms with Crippen LogP contribution in [0.4, 0.5) is 0 Å². The number of hydrogen-bond acceptors (Lipinski definition) is 3. The normalized spacial score (nSPS) is 10.8. The molecule has 0 fully saturated rings. The first kappa shape index (κ1) is 12.7. The molecule has 4 heteroatoms. The molecule has 1 aromatic heterocycles. The summed E-state index contributed by atoms with van der Waals surface area (Å²) >= 11 is 5.29. The molecular weight excluding hydrogens is 296 g/mol. The number of benzene rings is 1. The quantitative estimate of drug-likeness (QED) is 0.929. The molecule has 17 heavy (non-hydrogen) atoms. The summed E-state index contributed by atoms with van der Waals surface area (Å²) < 4.78 is 1.19. The Kier molecular flexibility index (Phi) is 3.97. The summed E-state index contributed by atoms with van der Waals surface area (Å²) in [7, 11) is 1.94. The molecule has 0 spiro atoms. The van der Waals surface area contributed by atoms with Crippen LogP contribution >= 0.6 is 27.3 Å². The largest absolute Gasteiger partial charge is 0.314 e. The Morgan fingerprint density at radius 3 is 2.53 bits per heavy atom. The van der Waals surface area contributed by atoms with Gasteiger partial charge in [-0.1, -0.05) is 15.9 Å². The molecule has 0 saturated carbocycles. The summed E-state index contributed by atoms with van der Waals surface area (Å²) in [6.07, 6.45) is 0. The van der Waals surface area contributed by atoms with Gasteiger partial charge in [-0.15, -0.1) is 11.3 Å². The van der Waals surface area contributed by atoms with E-state index in [-0.39, 0.29) is 0 Å². The van der Waals surface area contributed by atoms with Crippen molar-refractivity contribution in [2.24, 2.45) is 0 Å². The Hall–Kier alpha value is -0.710. The molecule has 0 radical (unpaired) electrons. The lowest BCUT2D eigenvalue weighted by Crippen LogP contribution is -2.04. The van der Waals surface area contributed by atoms with Crippen LogP contribution in [0.15, 0.2) is 22.0 Å². The number of aromatic nitrogens is 1. The highest BCUT2D eigenvalue weighted by Crippen LogP contribution is 2.30. The van der Waals surface area contributed by atoms with Crippen LogP contribution in [-0.2, 0) is 6.54 Å². The van der Waals surface area contributed by atoms with Gasteiger partial charge in [0.15, 0.2) is 0 Å². The lowest BCUT2D eigenvalue weighted by molar-refractivity contribution is 0.798. The molecular formula is C13H15BrN2S. The standard InChI is InChI=1S/C13H15BrN2S/c1-8-4-10(5-9(2)12(8)14)13-16-11(6-15-3)7-17-13/h4-5,7,15H,6H2,1-3H3. The molecule has 1 heterocycles. The molecule has 0 bridgehead atoms. The highest BCUT2D eigenvalue weighted by atomic mass is 79.9. The topological polar surface area (TPSA) is 24.9 Å². The smallest absolute Gasteiger partial charge is 0.123 e. The van der Waals surface area contributed by atoms with Gasteiger partial charge in [-0.2, -0.15) is 0 Å². The maximum atomic E-state index is 4.62. The number of thiazole rings is 1. The maximum absolute atomic E-state index is 4.62. The number of halogens is 1. The minimum Gasteiger partial charge on any atom is -0.314 e.